The molecular formula is C12H13F6N. The van der Waals surface area contributed by atoms with Gasteiger partial charge in [-0.1, -0.05) is 24.3 Å². The van der Waals surface area contributed by atoms with Gasteiger partial charge in [-0.2, -0.15) is 26.3 Å². The van der Waals surface area contributed by atoms with Crippen molar-refractivity contribution >= 4 is 0 Å². The Morgan fingerprint density at radius 1 is 0.947 bits per heavy atom. The van der Waals surface area contributed by atoms with Crippen LogP contribution in [0.15, 0.2) is 24.3 Å². The van der Waals surface area contributed by atoms with Crippen molar-refractivity contribution in [3.05, 3.63) is 35.4 Å². The first-order chi connectivity index (χ1) is 8.66. The second kappa shape index (κ2) is 5.81. The van der Waals surface area contributed by atoms with Crippen molar-refractivity contribution in [2.75, 3.05) is 13.6 Å². The minimum absolute atomic E-state index is 0.541. The molecule has 0 aliphatic carbocycles. The third kappa shape index (κ3) is 4.41. The Labute approximate surface area is 106 Å². The highest BCUT2D eigenvalue weighted by atomic mass is 19.4. The summed E-state index contributed by atoms with van der Waals surface area (Å²) in [6.45, 7) is 0.599. The molecule has 0 radical (unpaired) electrons. The lowest BCUT2D eigenvalue weighted by Gasteiger charge is -2.23. The molecule has 0 aliphatic rings. The van der Waals surface area contributed by atoms with Crippen LogP contribution in [-0.2, 0) is 6.42 Å². The Balaban J connectivity index is 2.99. The second-order valence-corrected chi connectivity index (χ2v) is 4.11. The van der Waals surface area contributed by atoms with Gasteiger partial charge in [0.1, 0.15) is 0 Å². The molecule has 1 N–H and O–H groups in total. The largest absolute Gasteiger partial charge is 0.404 e. The first kappa shape index (κ1) is 15.8. The maximum Gasteiger partial charge on any atom is 0.404 e. The molecule has 0 fully saturated rings. The number of hydrogen-bond donors (Lipinski definition) is 1. The van der Waals surface area contributed by atoms with E-state index in [0.717, 1.165) is 12.1 Å². The molecule has 0 heterocycles. The van der Waals surface area contributed by atoms with E-state index in [1.165, 1.54) is 12.1 Å². The van der Waals surface area contributed by atoms with Gasteiger partial charge in [0.05, 0.1) is 0 Å². The van der Waals surface area contributed by atoms with E-state index < -0.39 is 23.8 Å². The highest BCUT2D eigenvalue weighted by Gasteiger charge is 2.57. The number of alkyl halides is 6. The predicted octanol–water partition coefficient (Wildman–Crippen LogP) is 3.66. The summed E-state index contributed by atoms with van der Waals surface area (Å²) in [4.78, 5) is 0. The Morgan fingerprint density at radius 2 is 1.42 bits per heavy atom. The molecule has 1 nitrogen and oxygen atoms in total. The standard InChI is InChI=1S/C12H13F6N/c1-19-7-6-8-2-4-9(5-3-8)10(11(13,14)15)12(16,17)18/h2-5,10,19H,6-7H2,1H3. The average Bonchev–Trinajstić information content (AvgIpc) is 2.24. The monoisotopic (exact) mass is 285 g/mol. The number of halogens is 6. The molecule has 0 atom stereocenters. The summed E-state index contributed by atoms with van der Waals surface area (Å²) in [6.07, 6.45) is -10.1. The molecule has 1 aromatic rings. The van der Waals surface area contributed by atoms with Crippen molar-refractivity contribution in [2.45, 2.75) is 24.7 Å². The van der Waals surface area contributed by atoms with Crippen molar-refractivity contribution in [2.24, 2.45) is 0 Å². The Hall–Kier alpha value is -1.24. The van der Waals surface area contributed by atoms with E-state index >= 15 is 0 Å². The molecule has 1 aromatic carbocycles. The van der Waals surface area contributed by atoms with Gasteiger partial charge in [0, 0.05) is 0 Å². The Bertz CT molecular complexity index is 378. The molecular weight excluding hydrogens is 272 g/mol. The molecule has 0 saturated carbocycles. The second-order valence-electron chi connectivity index (χ2n) is 4.11. The van der Waals surface area contributed by atoms with Crippen molar-refractivity contribution in [1.82, 2.24) is 5.32 Å². The van der Waals surface area contributed by atoms with Gasteiger partial charge in [0.15, 0.2) is 5.92 Å². The highest BCUT2D eigenvalue weighted by Crippen LogP contribution is 2.46. The van der Waals surface area contributed by atoms with Gasteiger partial charge in [-0.05, 0) is 31.1 Å². The third-order valence-corrected chi connectivity index (χ3v) is 2.63. The quantitative estimate of drug-likeness (QED) is 0.833. The van der Waals surface area contributed by atoms with Crippen molar-refractivity contribution in [3.8, 4) is 0 Å². The van der Waals surface area contributed by atoms with Crippen LogP contribution in [0.5, 0.6) is 0 Å². The summed E-state index contributed by atoms with van der Waals surface area (Å²) in [5, 5.41) is 2.84. The molecule has 0 unspecified atom stereocenters. The lowest BCUT2D eigenvalue weighted by atomic mass is 9.96. The summed E-state index contributed by atoms with van der Waals surface area (Å²) >= 11 is 0. The van der Waals surface area contributed by atoms with E-state index in [4.69, 9.17) is 0 Å². The number of benzene rings is 1. The zero-order valence-electron chi connectivity index (χ0n) is 10.1. The molecule has 0 spiro atoms. The topological polar surface area (TPSA) is 12.0 Å². The van der Waals surface area contributed by atoms with E-state index in [-0.39, 0.29) is 0 Å². The van der Waals surface area contributed by atoms with Gasteiger partial charge in [0.2, 0.25) is 0 Å². The minimum Gasteiger partial charge on any atom is -0.319 e. The minimum atomic E-state index is -5.34. The zero-order valence-corrected chi connectivity index (χ0v) is 10.1. The molecule has 108 valence electrons. The fourth-order valence-corrected chi connectivity index (χ4v) is 1.71. The number of rotatable bonds is 4. The number of nitrogens with one attached hydrogen (secondary N) is 1. The van der Waals surface area contributed by atoms with Gasteiger partial charge >= 0.3 is 12.4 Å². The van der Waals surface area contributed by atoms with E-state index in [2.05, 4.69) is 5.32 Å². The summed E-state index contributed by atoms with van der Waals surface area (Å²) in [5.74, 6) is -3.43. The predicted molar refractivity (Wildman–Crippen MR) is 58.9 cm³/mol. The average molecular weight is 285 g/mol. The fraction of sp³-hybridized carbons (Fsp3) is 0.500. The summed E-state index contributed by atoms with van der Waals surface area (Å²) in [7, 11) is 1.71. The van der Waals surface area contributed by atoms with Crippen molar-refractivity contribution in [1.29, 1.82) is 0 Å². The molecule has 0 aromatic heterocycles. The lowest BCUT2D eigenvalue weighted by molar-refractivity contribution is -0.253. The van der Waals surface area contributed by atoms with Gasteiger partial charge in [-0.15, -0.1) is 0 Å². The van der Waals surface area contributed by atoms with Gasteiger partial charge in [-0.25, -0.2) is 0 Å². The Kier molecular flexibility index (Phi) is 4.84. The van der Waals surface area contributed by atoms with E-state index in [1.54, 1.807) is 7.05 Å². The summed E-state index contributed by atoms with van der Waals surface area (Å²) < 4.78 is 74.8. The summed E-state index contributed by atoms with van der Waals surface area (Å²) in [5.41, 5.74) is -0.102. The first-order valence-electron chi connectivity index (χ1n) is 5.53. The first-order valence-corrected chi connectivity index (χ1v) is 5.53. The van der Waals surface area contributed by atoms with E-state index in [0.29, 0.717) is 18.5 Å². The number of hydrogen-bond acceptors (Lipinski definition) is 1. The SMILES string of the molecule is CNCCc1ccc(C(C(F)(F)F)C(F)(F)F)cc1. The van der Waals surface area contributed by atoms with E-state index in [9.17, 15) is 26.3 Å². The third-order valence-electron chi connectivity index (χ3n) is 2.63. The van der Waals surface area contributed by atoms with Crippen LogP contribution in [0.25, 0.3) is 0 Å². The van der Waals surface area contributed by atoms with Gasteiger partial charge in [0.25, 0.3) is 0 Å². The molecule has 0 amide bonds. The van der Waals surface area contributed by atoms with Crippen LogP contribution in [-0.4, -0.2) is 25.9 Å². The van der Waals surface area contributed by atoms with Crippen LogP contribution in [0.1, 0.15) is 17.0 Å². The molecule has 7 heteroatoms. The summed E-state index contributed by atoms with van der Waals surface area (Å²) in [6, 6.07) is 4.35. The fourth-order valence-electron chi connectivity index (χ4n) is 1.71. The Morgan fingerprint density at radius 3 is 1.79 bits per heavy atom. The van der Waals surface area contributed by atoms with Crippen molar-refractivity contribution < 1.29 is 26.3 Å². The molecule has 1 rings (SSSR count). The van der Waals surface area contributed by atoms with Gasteiger partial charge < -0.3 is 5.32 Å². The van der Waals surface area contributed by atoms with Crippen molar-refractivity contribution in [3.63, 3.8) is 0 Å². The van der Waals surface area contributed by atoms with Crippen LogP contribution in [0.4, 0.5) is 26.3 Å². The molecule has 19 heavy (non-hydrogen) atoms. The van der Waals surface area contributed by atoms with Gasteiger partial charge in [-0.3, -0.25) is 0 Å². The van der Waals surface area contributed by atoms with E-state index in [1.807, 2.05) is 0 Å². The zero-order chi connectivity index (χ0) is 14.7. The number of likely N-dealkylation sites (N-methyl/N-ethyl adjacent to an activating group) is 1. The highest BCUT2D eigenvalue weighted by molar-refractivity contribution is 5.27. The lowest BCUT2D eigenvalue weighted by Crippen LogP contribution is -2.34. The van der Waals surface area contributed by atoms with Crippen LogP contribution < -0.4 is 5.32 Å². The van der Waals surface area contributed by atoms with Crippen LogP contribution >= 0.6 is 0 Å². The maximum absolute atomic E-state index is 12.5. The molecule has 0 aliphatic heterocycles. The normalized spacial score (nSPS) is 13.1. The molecule has 0 saturated heterocycles. The van der Waals surface area contributed by atoms with Crippen LogP contribution in [0.2, 0.25) is 0 Å². The smallest absolute Gasteiger partial charge is 0.319 e. The maximum atomic E-state index is 12.5. The van der Waals surface area contributed by atoms with Crippen LogP contribution in [0, 0.1) is 0 Å². The molecule has 0 bridgehead atoms. The van der Waals surface area contributed by atoms with Crippen LogP contribution in [0.3, 0.4) is 0 Å².